The third-order valence-corrected chi connectivity index (χ3v) is 7.59. The summed E-state index contributed by atoms with van der Waals surface area (Å²) in [4.78, 5) is 32.4. The average molecular weight is 577 g/mol. The molecule has 40 heavy (non-hydrogen) atoms. The topological polar surface area (TPSA) is 94.6 Å². The Morgan fingerprint density at radius 3 is 2.45 bits per heavy atom. The van der Waals surface area contributed by atoms with Crippen molar-refractivity contribution in [3.8, 4) is 0 Å². The highest BCUT2D eigenvalue weighted by atomic mass is 35.5. The first-order chi connectivity index (χ1) is 19.3. The van der Waals surface area contributed by atoms with Gasteiger partial charge in [-0.2, -0.15) is 0 Å². The average Bonchev–Trinajstić information content (AvgIpc) is 3.37. The van der Waals surface area contributed by atoms with Crippen LogP contribution in [-0.2, 0) is 19.5 Å². The van der Waals surface area contributed by atoms with E-state index in [1.54, 1.807) is 36.2 Å². The van der Waals surface area contributed by atoms with Gasteiger partial charge in [0.15, 0.2) is 0 Å². The van der Waals surface area contributed by atoms with Gasteiger partial charge in [-0.15, -0.1) is 11.3 Å². The van der Waals surface area contributed by atoms with Crippen molar-refractivity contribution >= 4 is 34.8 Å². The first kappa shape index (κ1) is 29.4. The van der Waals surface area contributed by atoms with Crippen LogP contribution in [0.25, 0.3) is 0 Å². The zero-order chi connectivity index (χ0) is 28.5. The highest BCUT2D eigenvalue weighted by molar-refractivity contribution is 7.09. The summed E-state index contributed by atoms with van der Waals surface area (Å²) in [6, 6.07) is 23.3. The zero-order valence-electron chi connectivity index (χ0n) is 22.5. The van der Waals surface area contributed by atoms with Crippen molar-refractivity contribution in [2.45, 2.75) is 38.6 Å². The number of rotatable bonds is 12. The second kappa shape index (κ2) is 14.2. The number of hydrogen-bond donors (Lipinski definition) is 3. The Bertz CT molecular complexity index is 1430. The maximum absolute atomic E-state index is 13.3. The lowest BCUT2D eigenvalue weighted by Crippen LogP contribution is -2.48. The van der Waals surface area contributed by atoms with E-state index in [9.17, 15) is 14.7 Å². The molecule has 0 aliphatic carbocycles. The van der Waals surface area contributed by atoms with E-state index in [2.05, 4.69) is 15.6 Å². The molecule has 9 heteroatoms. The lowest BCUT2D eigenvalue weighted by molar-refractivity contribution is 0.0784. The zero-order valence-corrected chi connectivity index (χ0v) is 24.1. The van der Waals surface area contributed by atoms with Crippen LogP contribution in [0, 0.1) is 6.92 Å². The summed E-state index contributed by atoms with van der Waals surface area (Å²) in [5.74, 6) is -0.559. The minimum Gasteiger partial charge on any atom is -0.390 e. The van der Waals surface area contributed by atoms with Crippen molar-refractivity contribution < 1.29 is 14.7 Å². The number of amides is 2. The molecule has 0 aliphatic heterocycles. The lowest BCUT2D eigenvalue weighted by atomic mass is 10.00. The fraction of sp³-hybridized carbons (Fsp3) is 0.258. The van der Waals surface area contributed by atoms with E-state index < -0.39 is 12.1 Å². The third kappa shape index (κ3) is 8.47. The molecule has 0 bridgehead atoms. The van der Waals surface area contributed by atoms with Gasteiger partial charge in [0, 0.05) is 47.4 Å². The maximum atomic E-state index is 13.3. The number of nitrogens with one attached hydrogen (secondary N) is 2. The molecule has 4 aromatic rings. The minimum absolute atomic E-state index is 0.200. The van der Waals surface area contributed by atoms with Gasteiger partial charge in [0.25, 0.3) is 11.8 Å². The molecule has 0 aliphatic rings. The first-order valence-corrected chi connectivity index (χ1v) is 14.3. The molecule has 4 rings (SSSR count). The van der Waals surface area contributed by atoms with Gasteiger partial charge in [0.2, 0.25) is 0 Å². The molecule has 0 spiro atoms. The normalized spacial score (nSPS) is 12.5. The fourth-order valence-corrected chi connectivity index (χ4v) is 5.36. The van der Waals surface area contributed by atoms with Crippen LogP contribution in [0.5, 0.6) is 0 Å². The van der Waals surface area contributed by atoms with Gasteiger partial charge in [-0.25, -0.2) is 4.98 Å². The molecule has 0 saturated carbocycles. The molecule has 1 heterocycles. The molecule has 2 atom stereocenters. The predicted octanol–water partition coefficient (Wildman–Crippen LogP) is 4.87. The van der Waals surface area contributed by atoms with E-state index in [1.165, 1.54) is 11.3 Å². The summed E-state index contributed by atoms with van der Waals surface area (Å²) >= 11 is 7.59. The van der Waals surface area contributed by atoms with Gasteiger partial charge in [-0.3, -0.25) is 9.59 Å². The van der Waals surface area contributed by atoms with Crippen molar-refractivity contribution in [2.24, 2.45) is 0 Å². The van der Waals surface area contributed by atoms with Crippen molar-refractivity contribution in [2.75, 3.05) is 13.6 Å². The molecular formula is C31H33ClN4O3S. The van der Waals surface area contributed by atoms with Crippen LogP contribution in [0.15, 0.2) is 84.2 Å². The van der Waals surface area contributed by atoms with Crippen LogP contribution >= 0.6 is 22.9 Å². The van der Waals surface area contributed by atoms with Gasteiger partial charge in [0.1, 0.15) is 5.01 Å². The SMILES string of the molecule is Cc1csc(CN(C)C(=O)c2cccc(C(=O)N[C@@H](Cc3ccccc3)[C@H](O)CNCc3cccc(Cl)c3)c2)n1. The number of hydrogen-bond acceptors (Lipinski definition) is 6. The Balaban J connectivity index is 1.42. The smallest absolute Gasteiger partial charge is 0.253 e. The van der Waals surface area contributed by atoms with Crippen molar-refractivity contribution in [1.29, 1.82) is 0 Å². The van der Waals surface area contributed by atoms with Crippen LogP contribution < -0.4 is 10.6 Å². The standard InChI is InChI=1S/C31H33ClN4O3S/c1-21-20-40-29(34-21)19-36(2)31(39)25-12-7-11-24(16-25)30(38)35-27(15-22-8-4-3-5-9-22)28(37)18-33-17-23-10-6-13-26(32)14-23/h3-14,16,20,27-28,33,37H,15,17-19H2,1-2H3,(H,35,38)/t27-,28+/m0/s1. The van der Waals surface area contributed by atoms with Crippen LogP contribution in [-0.4, -0.2) is 52.5 Å². The van der Waals surface area contributed by atoms with Crippen LogP contribution in [0.3, 0.4) is 0 Å². The summed E-state index contributed by atoms with van der Waals surface area (Å²) < 4.78 is 0. The molecule has 2 amide bonds. The molecule has 0 unspecified atom stereocenters. The van der Waals surface area contributed by atoms with Gasteiger partial charge < -0.3 is 20.6 Å². The number of thiazole rings is 1. The number of nitrogens with zero attached hydrogens (tertiary/aromatic N) is 2. The number of aliphatic hydroxyl groups is 1. The van der Waals surface area contributed by atoms with Crippen LogP contribution in [0.1, 0.15) is 42.5 Å². The summed E-state index contributed by atoms with van der Waals surface area (Å²) in [6.07, 6.45) is -0.415. The number of aryl methyl sites for hydroxylation is 1. The number of carbonyl (C=O) groups excluding carboxylic acids is 2. The van der Waals surface area contributed by atoms with Gasteiger partial charge in [-0.05, 0) is 54.8 Å². The summed E-state index contributed by atoms with van der Waals surface area (Å²) in [6.45, 7) is 3.11. The molecule has 3 aromatic carbocycles. The van der Waals surface area contributed by atoms with Crippen molar-refractivity contribution in [3.63, 3.8) is 0 Å². The quantitative estimate of drug-likeness (QED) is 0.224. The number of carbonyl (C=O) groups is 2. The lowest BCUT2D eigenvalue weighted by Gasteiger charge is -2.25. The Kier molecular flexibility index (Phi) is 10.4. The maximum Gasteiger partial charge on any atom is 0.253 e. The monoisotopic (exact) mass is 576 g/mol. The van der Waals surface area contributed by atoms with Crippen molar-refractivity contribution in [3.05, 3.63) is 122 Å². The number of halogens is 1. The Hall–Kier alpha value is -3.56. The second-order valence-corrected chi connectivity index (χ2v) is 11.1. The Labute approximate surface area is 243 Å². The van der Waals surface area contributed by atoms with E-state index in [0.29, 0.717) is 35.7 Å². The van der Waals surface area contributed by atoms with Gasteiger partial charge in [0.05, 0.1) is 18.7 Å². The highest BCUT2D eigenvalue weighted by Gasteiger charge is 2.23. The van der Waals surface area contributed by atoms with E-state index in [4.69, 9.17) is 11.6 Å². The molecule has 1 aromatic heterocycles. The summed E-state index contributed by atoms with van der Waals surface area (Å²) in [7, 11) is 1.72. The van der Waals surface area contributed by atoms with Gasteiger partial charge in [-0.1, -0.05) is 60.1 Å². The van der Waals surface area contributed by atoms with E-state index in [0.717, 1.165) is 21.8 Å². The Morgan fingerprint density at radius 1 is 1.00 bits per heavy atom. The molecule has 208 valence electrons. The molecule has 7 nitrogen and oxygen atoms in total. The second-order valence-electron chi connectivity index (χ2n) is 9.72. The van der Waals surface area contributed by atoms with Crippen LogP contribution in [0.2, 0.25) is 5.02 Å². The first-order valence-electron chi connectivity index (χ1n) is 13.0. The van der Waals surface area contributed by atoms with E-state index >= 15 is 0 Å². The largest absolute Gasteiger partial charge is 0.390 e. The fourth-order valence-electron chi connectivity index (χ4n) is 4.32. The third-order valence-electron chi connectivity index (χ3n) is 6.41. The number of aromatic nitrogens is 1. The predicted molar refractivity (Wildman–Crippen MR) is 160 cm³/mol. The van der Waals surface area contributed by atoms with Crippen molar-refractivity contribution in [1.82, 2.24) is 20.5 Å². The molecule has 0 fully saturated rings. The minimum atomic E-state index is -0.860. The van der Waals surface area contributed by atoms with Crippen LogP contribution in [0.4, 0.5) is 0 Å². The highest BCUT2D eigenvalue weighted by Crippen LogP contribution is 2.15. The number of benzene rings is 3. The summed E-state index contributed by atoms with van der Waals surface area (Å²) in [5, 5.41) is 20.8. The molecular weight excluding hydrogens is 544 g/mol. The Morgan fingerprint density at radius 2 is 1.73 bits per heavy atom. The van der Waals surface area contributed by atoms with E-state index in [1.807, 2.05) is 66.9 Å². The van der Waals surface area contributed by atoms with Gasteiger partial charge >= 0.3 is 0 Å². The summed E-state index contributed by atoms with van der Waals surface area (Å²) in [5.41, 5.74) is 3.67. The van der Waals surface area contributed by atoms with E-state index in [-0.39, 0.29) is 18.4 Å². The number of aliphatic hydroxyl groups excluding tert-OH is 1. The molecule has 0 radical (unpaired) electrons. The molecule has 0 saturated heterocycles. The molecule has 3 N–H and O–H groups in total.